The van der Waals surface area contributed by atoms with Crippen molar-refractivity contribution in [3.05, 3.63) is 41.5 Å². The SMILES string of the molecule is Cc1ccc2oc(C(=O)N3CC(n4cc(C(C)O)nn4)C3)cc2n1. The zero-order valence-electron chi connectivity index (χ0n) is 13.4. The molecule has 3 aromatic rings. The molecule has 3 aromatic heterocycles. The molecule has 0 bridgehead atoms. The van der Waals surface area contributed by atoms with Crippen LogP contribution in [-0.2, 0) is 0 Å². The summed E-state index contributed by atoms with van der Waals surface area (Å²) in [5, 5.41) is 17.4. The van der Waals surface area contributed by atoms with Crippen molar-refractivity contribution in [2.24, 2.45) is 0 Å². The summed E-state index contributed by atoms with van der Waals surface area (Å²) in [6.45, 7) is 4.60. The average Bonchev–Trinajstić information content (AvgIpc) is 3.11. The van der Waals surface area contributed by atoms with Gasteiger partial charge in [0.15, 0.2) is 11.3 Å². The molecule has 1 amide bonds. The summed E-state index contributed by atoms with van der Waals surface area (Å²) in [5.41, 5.74) is 2.71. The number of aryl methyl sites for hydroxylation is 1. The highest BCUT2D eigenvalue weighted by atomic mass is 16.3. The van der Waals surface area contributed by atoms with Gasteiger partial charge in [-0.15, -0.1) is 5.10 Å². The first-order chi connectivity index (χ1) is 11.5. The van der Waals surface area contributed by atoms with Crippen LogP contribution in [0.25, 0.3) is 11.1 Å². The molecule has 1 saturated heterocycles. The molecule has 4 rings (SSSR count). The van der Waals surface area contributed by atoms with Gasteiger partial charge in [0.05, 0.1) is 18.3 Å². The van der Waals surface area contributed by atoms with Crippen molar-refractivity contribution in [3.8, 4) is 0 Å². The molecule has 1 atom stereocenters. The Hall–Kier alpha value is -2.74. The van der Waals surface area contributed by atoms with Gasteiger partial charge < -0.3 is 14.4 Å². The number of furan rings is 1. The lowest BCUT2D eigenvalue weighted by Crippen LogP contribution is -2.50. The number of likely N-dealkylation sites (tertiary alicyclic amines) is 1. The number of hydrogen-bond donors (Lipinski definition) is 1. The van der Waals surface area contributed by atoms with Gasteiger partial charge in [-0.3, -0.25) is 4.79 Å². The van der Waals surface area contributed by atoms with E-state index in [2.05, 4.69) is 15.3 Å². The maximum Gasteiger partial charge on any atom is 0.289 e. The molecule has 0 aromatic carbocycles. The van der Waals surface area contributed by atoms with Crippen molar-refractivity contribution in [1.29, 1.82) is 0 Å². The summed E-state index contributed by atoms with van der Waals surface area (Å²) in [6, 6.07) is 5.42. The minimum absolute atomic E-state index is 0.0682. The number of amides is 1. The van der Waals surface area contributed by atoms with Crippen molar-refractivity contribution in [3.63, 3.8) is 0 Å². The standard InChI is InChI=1S/C16H17N5O3/c1-9-3-4-14-12(17-9)5-15(24-14)16(23)20-6-11(7-20)21-8-13(10(2)22)18-19-21/h3-5,8,10-11,22H,6-7H2,1-2H3. The van der Waals surface area contributed by atoms with E-state index < -0.39 is 6.10 Å². The van der Waals surface area contributed by atoms with Crippen molar-refractivity contribution in [1.82, 2.24) is 24.9 Å². The minimum Gasteiger partial charge on any atom is -0.449 e. The molecule has 24 heavy (non-hydrogen) atoms. The van der Waals surface area contributed by atoms with Gasteiger partial charge in [0.2, 0.25) is 0 Å². The molecule has 0 aliphatic carbocycles. The van der Waals surface area contributed by atoms with Crippen LogP contribution >= 0.6 is 0 Å². The highest BCUT2D eigenvalue weighted by Gasteiger charge is 2.35. The van der Waals surface area contributed by atoms with Crippen LogP contribution in [0.1, 0.15) is 41.0 Å². The largest absolute Gasteiger partial charge is 0.449 e. The Morgan fingerprint density at radius 3 is 2.92 bits per heavy atom. The van der Waals surface area contributed by atoms with Gasteiger partial charge in [-0.2, -0.15) is 0 Å². The Kier molecular flexibility index (Phi) is 3.34. The van der Waals surface area contributed by atoms with Crippen molar-refractivity contribution in [2.75, 3.05) is 13.1 Å². The molecule has 8 heteroatoms. The third kappa shape index (κ3) is 2.44. The number of aromatic nitrogens is 4. The molecule has 0 radical (unpaired) electrons. The fourth-order valence-corrected chi connectivity index (χ4v) is 2.74. The van der Waals surface area contributed by atoms with Crippen LogP contribution in [0.2, 0.25) is 0 Å². The summed E-state index contributed by atoms with van der Waals surface area (Å²) in [7, 11) is 0. The number of aliphatic hydroxyl groups is 1. The third-order valence-electron chi connectivity index (χ3n) is 4.20. The van der Waals surface area contributed by atoms with Crippen LogP contribution < -0.4 is 0 Å². The van der Waals surface area contributed by atoms with Crippen LogP contribution in [0.15, 0.2) is 28.8 Å². The molecular weight excluding hydrogens is 310 g/mol. The van der Waals surface area contributed by atoms with Gasteiger partial charge >= 0.3 is 0 Å². The average molecular weight is 327 g/mol. The Bertz CT molecular complexity index is 907. The lowest BCUT2D eigenvalue weighted by Gasteiger charge is -2.38. The molecule has 124 valence electrons. The summed E-state index contributed by atoms with van der Waals surface area (Å²) < 4.78 is 7.29. The van der Waals surface area contributed by atoms with Crippen molar-refractivity contribution in [2.45, 2.75) is 26.0 Å². The molecule has 8 nitrogen and oxygen atoms in total. The molecule has 4 heterocycles. The number of fused-ring (bicyclic) bond motifs is 1. The van der Waals surface area contributed by atoms with Crippen molar-refractivity contribution >= 4 is 17.0 Å². The van der Waals surface area contributed by atoms with E-state index in [9.17, 15) is 9.90 Å². The van der Waals surface area contributed by atoms with Gasteiger partial charge in [0.1, 0.15) is 11.2 Å². The molecule has 1 fully saturated rings. The fraction of sp³-hybridized carbons (Fsp3) is 0.375. The second-order valence-corrected chi connectivity index (χ2v) is 6.11. The Morgan fingerprint density at radius 2 is 2.21 bits per heavy atom. The van der Waals surface area contributed by atoms with E-state index >= 15 is 0 Å². The predicted molar refractivity (Wildman–Crippen MR) is 84.3 cm³/mol. The van der Waals surface area contributed by atoms with E-state index in [1.165, 1.54) is 0 Å². The molecule has 0 saturated carbocycles. The lowest BCUT2D eigenvalue weighted by atomic mass is 10.1. The zero-order valence-corrected chi connectivity index (χ0v) is 13.4. The van der Waals surface area contributed by atoms with E-state index in [1.807, 2.05) is 19.1 Å². The first-order valence-electron chi connectivity index (χ1n) is 7.77. The topological polar surface area (TPSA) is 97.3 Å². The predicted octanol–water partition coefficient (Wildman–Crippen LogP) is 1.48. The van der Waals surface area contributed by atoms with Crippen LogP contribution in [0.4, 0.5) is 0 Å². The minimum atomic E-state index is -0.650. The number of rotatable bonds is 3. The number of carbonyl (C=O) groups excluding carboxylic acids is 1. The van der Waals surface area contributed by atoms with Gasteiger partial charge in [0, 0.05) is 24.8 Å². The first kappa shape index (κ1) is 14.8. The van der Waals surface area contributed by atoms with E-state index in [4.69, 9.17) is 4.42 Å². The van der Waals surface area contributed by atoms with Gasteiger partial charge in [-0.25, -0.2) is 9.67 Å². The summed E-state index contributed by atoms with van der Waals surface area (Å²) in [4.78, 5) is 18.5. The fourth-order valence-electron chi connectivity index (χ4n) is 2.74. The third-order valence-corrected chi connectivity index (χ3v) is 4.20. The van der Waals surface area contributed by atoms with E-state index in [0.29, 0.717) is 35.6 Å². The Balaban J connectivity index is 1.46. The maximum absolute atomic E-state index is 12.5. The van der Waals surface area contributed by atoms with Crippen LogP contribution in [0, 0.1) is 6.92 Å². The summed E-state index contributed by atoms with van der Waals surface area (Å²) in [5.74, 6) is 0.141. The molecular formula is C16H17N5O3. The van der Waals surface area contributed by atoms with Crippen LogP contribution in [-0.4, -0.2) is 49.0 Å². The molecule has 1 aliphatic rings. The van der Waals surface area contributed by atoms with E-state index in [0.717, 1.165) is 5.69 Å². The van der Waals surface area contributed by atoms with Gasteiger partial charge in [-0.1, -0.05) is 5.21 Å². The molecule has 0 spiro atoms. The summed E-state index contributed by atoms with van der Waals surface area (Å²) in [6.07, 6.45) is 1.06. The zero-order chi connectivity index (χ0) is 16.8. The molecule has 1 aliphatic heterocycles. The first-order valence-corrected chi connectivity index (χ1v) is 7.77. The van der Waals surface area contributed by atoms with Crippen LogP contribution in [0.5, 0.6) is 0 Å². The Morgan fingerprint density at radius 1 is 1.42 bits per heavy atom. The highest BCUT2D eigenvalue weighted by Crippen LogP contribution is 2.25. The normalized spacial score (nSPS) is 16.4. The highest BCUT2D eigenvalue weighted by molar-refractivity contribution is 5.95. The molecule has 1 unspecified atom stereocenters. The van der Waals surface area contributed by atoms with Gasteiger partial charge in [0.25, 0.3) is 5.91 Å². The lowest BCUT2D eigenvalue weighted by molar-refractivity contribution is 0.0469. The quantitative estimate of drug-likeness (QED) is 0.782. The number of nitrogens with zero attached hydrogens (tertiary/aromatic N) is 5. The Labute approximate surface area is 137 Å². The smallest absolute Gasteiger partial charge is 0.289 e. The van der Waals surface area contributed by atoms with E-state index in [1.54, 1.807) is 28.8 Å². The molecule has 1 N–H and O–H groups in total. The van der Waals surface area contributed by atoms with E-state index in [-0.39, 0.29) is 11.9 Å². The number of hydrogen-bond acceptors (Lipinski definition) is 6. The number of pyridine rings is 1. The van der Waals surface area contributed by atoms with Crippen molar-refractivity contribution < 1.29 is 14.3 Å². The number of aliphatic hydroxyl groups excluding tert-OH is 1. The number of carbonyl (C=O) groups is 1. The summed E-state index contributed by atoms with van der Waals surface area (Å²) >= 11 is 0. The second kappa shape index (κ2) is 5.41. The van der Waals surface area contributed by atoms with Crippen LogP contribution in [0.3, 0.4) is 0 Å². The second-order valence-electron chi connectivity index (χ2n) is 6.11. The monoisotopic (exact) mass is 327 g/mol. The van der Waals surface area contributed by atoms with Gasteiger partial charge in [-0.05, 0) is 26.0 Å². The maximum atomic E-state index is 12.5.